The van der Waals surface area contributed by atoms with E-state index in [9.17, 15) is 4.57 Å². The summed E-state index contributed by atoms with van der Waals surface area (Å²) in [6.45, 7) is 21.0. The second-order valence-electron chi connectivity index (χ2n) is 10.4. The van der Waals surface area contributed by atoms with E-state index >= 15 is 0 Å². The molecule has 0 saturated carbocycles. The molecule has 2 nitrogen and oxygen atoms in total. The molecule has 0 aromatic heterocycles. The van der Waals surface area contributed by atoms with Gasteiger partial charge in [0.15, 0.2) is 0 Å². The van der Waals surface area contributed by atoms with Crippen LogP contribution < -0.4 is 0 Å². The van der Waals surface area contributed by atoms with Crippen LogP contribution in [0.3, 0.4) is 0 Å². The topological polar surface area (TPSA) is 26.3 Å². The maximum atomic E-state index is 13.5. The van der Waals surface area contributed by atoms with Gasteiger partial charge in [0.1, 0.15) is 0 Å². The molecule has 0 saturated heterocycles. The van der Waals surface area contributed by atoms with Gasteiger partial charge in [-0.25, -0.2) is 0 Å². The second kappa shape index (κ2) is 8.19. The van der Waals surface area contributed by atoms with E-state index in [1.54, 1.807) is 0 Å². The number of hydrogen-bond acceptors (Lipinski definition) is 2. The van der Waals surface area contributed by atoms with Gasteiger partial charge in [-0.15, -0.1) is 0 Å². The molecule has 0 bridgehead atoms. The third-order valence-corrected chi connectivity index (χ3v) is 8.94. The van der Waals surface area contributed by atoms with Gasteiger partial charge in [0, 0.05) is 11.3 Å². The minimum absolute atomic E-state index is 0.304. The first-order valence-corrected chi connectivity index (χ1v) is 11.7. The molecule has 1 aliphatic rings. The number of rotatable bonds is 5. The Morgan fingerprint density at radius 3 is 2.27 bits per heavy atom. The molecule has 0 radical (unpaired) electrons. The Morgan fingerprint density at radius 1 is 1.19 bits per heavy atom. The van der Waals surface area contributed by atoms with Crippen LogP contribution in [0.5, 0.6) is 0 Å². The van der Waals surface area contributed by atoms with E-state index < -0.39 is 13.0 Å². The molecule has 150 valence electrons. The van der Waals surface area contributed by atoms with Crippen molar-refractivity contribution in [2.75, 3.05) is 6.16 Å². The third-order valence-electron chi connectivity index (χ3n) is 5.39. The summed E-state index contributed by atoms with van der Waals surface area (Å²) in [6, 6.07) is 0. The first-order chi connectivity index (χ1) is 11.6. The minimum atomic E-state index is -2.79. The fraction of sp³-hybridized carbons (Fsp3) is 0.739. The van der Waals surface area contributed by atoms with Crippen molar-refractivity contribution in [1.82, 2.24) is 0 Å². The Morgan fingerprint density at radius 2 is 1.77 bits per heavy atom. The summed E-state index contributed by atoms with van der Waals surface area (Å²) < 4.78 is 19.6. The van der Waals surface area contributed by atoms with Crippen LogP contribution in [0.25, 0.3) is 0 Å². The van der Waals surface area contributed by atoms with Crippen molar-refractivity contribution in [3.63, 3.8) is 0 Å². The van der Waals surface area contributed by atoms with Gasteiger partial charge < -0.3 is 4.52 Å². The lowest BCUT2D eigenvalue weighted by molar-refractivity contribution is 0.129. The van der Waals surface area contributed by atoms with E-state index in [1.165, 1.54) is 24.0 Å². The smallest absolute Gasteiger partial charge is 0.212 e. The summed E-state index contributed by atoms with van der Waals surface area (Å²) in [7, 11) is -2.79. The molecular weight excluding hydrogens is 339 g/mol. The molecule has 1 unspecified atom stereocenters. The first-order valence-electron chi connectivity index (χ1n) is 9.92. The van der Waals surface area contributed by atoms with Gasteiger partial charge in [-0.2, -0.15) is 0 Å². The fourth-order valence-corrected chi connectivity index (χ4v) is 5.50. The van der Waals surface area contributed by atoms with Crippen molar-refractivity contribution in [2.45, 2.75) is 99.3 Å². The van der Waals surface area contributed by atoms with Crippen LogP contribution in [0.2, 0.25) is 0 Å². The van der Waals surface area contributed by atoms with E-state index in [0.29, 0.717) is 11.6 Å². The molecule has 3 heteroatoms. The van der Waals surface area contributed by atoms with Crippen molar-refractivity contribution in [3.8, 4) is 0 Å². The Kier molecular flexibility index (Phi) is 7.39. The van der Waals surface area contributed by atoms with Crippen LogP contribution in [-0.4, -0.2) is 16.9 Å². The van der Waals surface area contributed by atoms with E-state index in [-0.39, 0.29) is 5.16 Å². The van der Waals surface area contributed by atoms with Crippen molar-refractivity contribution in [1.29, 1.82) is 0 Å². The average Bonchev–Trinajstić information content (AvgIpc) is 2.43. The summed E-state index contributed by atoms with van der Waals surface area (Å²) >= 11 is 0. The third kappa shape index (κ3) is 6.54. The van der Waals surface area contributed by atoms with Crippen molar-refractivity contribution in [3.05, 3.63) is 34.9 Å². The van der Waals surface area contributed by atoms with Gasteiger partial charge in [0.25, 0.3) is 0 Å². The lowest BCUT2D eigenvalue weighted by Crippen LogP contribution is -2.26. The molecule has 0 N–H and O–H groups in total. The van der Waals surface area contributed by atoms with Gasteiger partial charge in [0.2, 0.25) is 7.37 Å². The molecule has 0 spiro atoms. The fourth-order valence-electron chi connectivity index (χ4n) is 3.19. The molecule has 26 heavy (non-hydrogen) atoms. The lowest BCUT2D eigenvalue weighted by atomic mass is 9.73. The predicted octanol–water partition coefficient (Wildman–Crippen LogP) is 7.91. The SMILES string of the molecule is CC(C=CC1=C(C)C(C)(C)CCC1)=CCP(=O)(OC(C)(C)C)C(C)(C)C. The van der Waals surface area contributed by atoms with Gasteiger partial charge >= 0.3 is 0 Å². The van der Waals surface area contributed by atoms with E-state index in [2.05, 4.69) is 45.9 Å². The van der Waals surface area contributed by atoms with Crippen molar-refractivity contribution < 1.29 is 9.09 Å². The van der Waals surface area contributed by atoms with Gasteiger partial charge in [-0.3, -0.25) is 4.57 Å². The molecule has 1 aliphatic carbocycles. The molecule has 1 atom stereocenters. The maximum Gasteiger partial charge on any atom is 0.212 e. The van der Waals surface area contributed by atoms with Crippen LogP contribution in [0.15, 0.2) is 34.9 Å². The quantitative estimate of drug-likeness (QED) is 0.358. The monoisotopic (exact) mass is 380 g/mol. The average molecular weight is 381 g/mol. The first kappa shape index (κ1) is 23.4. The Balaban J connectivity index is 2.97. The van der Waals surface area contributed by atoms with Gasteiger partial charge in [0.05, 0.1) is 5.60 Å². The highest BCUT2D eigenvalue weighted by molar-refractivity contribution is 7.60. The summed E-state index contributed by atoms with van der Waals surface area (Å²) in [6.07, 6.45) is 10.7. The number of hydrogen-bond donors (Lipinski definition) is 0. The molecule has 0 aromatic rings. The summed E-state index contributed by atoms with van der Waals surface area (Å²) in [5, 5.41) is -0.368. The zero-order valence-corrected chi connectivity index (χ0v) is 19.7. The van der Waals surface area contributed by atoms with Crippen LogP contribution in [0.1, 0.15) is 88.5 Å². The molecule has 0 aliphatic heterocycles. The Bertz CT molecular complexity index is 634. The van der Waals surface area contributed by atoms with Crippen molar-refractivity contribution in [2.24, 2.45) is 5.41 Å². The highest BCUT2D eigenvalue weighted by Gasteiger charge is 2.40. The molecule has 0 fully saturated rings. The highest BCUT2D eigenvalue weighted by atomic mass is 31.2. The Hall–Kier alpha value is -0.590. The standard InChI is InChI=1S/C23H41O2P/c1-18(13-14-20-12-11-16-23(9,10)19(20)2)15-17-26(24,22(6,7)8)25-21(3,4)5/h13-15H,11-12,16-17H2,1-10H3. The normalized spacial score (nSPS) is 22.0. The van der Waals surface area contributed by atoms with Crippen LogP contribution in [-0.2, 0) is 9.09 Å². The largest absolute Gasteiger partial charge is 0.322 e. The Labute approximate surface area is 162 Å². The van der Waals surface area contributed by atoms with Crippen LogP contribution in [0, 0.1) is 5.41 Å². The lowest BCUT2D eigenvalue weighted by Gasteiger charge is -2.35. The molecule has 0 heterocycles. The highest BCUT2D eigenvalue weighted by Crippen LogP contribution is 2.61. The summed E-state index contributed by atoms with van der Waals surface area (Å²) in [5.74, 6) is 0. The van der Waals surface area contributed by atoms with Crippen LogP contribution >= 0.6 is 7.37 Å². The molecule has 0 amide bonds. The zero-order chi connectivity index (χ0) is 20.4. The van der Waals surface area contributed by atoms with Gasteiger partial charge in [-0.1, -0.05) is 64.0 Å². The van der Waals surface area contributed by atoms with E-state index in [4.69, 9.17) is 4.52 Å². The minimum Gasteiger partial charge on any atom is -0.322 e. The summed E-state index contributed by atoms with van der Waals surface area (Å²) in [5.41, 5.74) is 4.01. The second-order valence-corrected chi connectivity index (χ2v) is 13.6. The molecular formula is C23H41O2P. The predicted molar refractivity (Wildman–Crippen MR) is 116 cm³/mol. The summed E-state index contributed by atoms with van der Waals surface area (Å²) in [4.78, 5) is 0. The molecule has 1 rings (SSSR count). The zero-order valence-electron chi connectivity index (χ0n) is 18.8. The number of allylic oxidation sites excluding steroid dienone is 6. The van der Waals surface area contributed by atoms with E-state index in [0.717, 1.165) is 12.0 Å². The van der Waals surface area contributed by atoms with Gasteiger partial charge in [-0.05, 0) is 64.9 Å². The van der Waals surface area contributed by atoms with Crippen LogP contribution in [0.4, 0.5) is 0 Å². The molecule has 0 aromatic carbocycles. The maximum absolute atomic E-state index is 13.5. The van der Waals surface area contributed by atoms with E-state index in [1.807, 2.05) is 41.5 Å². The van der Waals surface area contributed by atoms with Crippen molar-refractivity contribution >= 4 is 7.37 Å².